The van der Waals surface area contributed by atoms with Crippen LogP contribution in [-0.2, 0) is 9.84 Å². The predicted molar refractivity (Wildman–Crippen MR) is 82.9 cm³/mol. The Balaban J connectivity index is 1.99. The van der Waals surface area contributed by atoms with Gasteiger partial charge in [-0.25, -0.2) is 8.42 Å². The molecule has 0 aromatic heterocycles. The summed E-state index contributed by atoms with van der Waals surface area (Å²) in [6.45, 7) is 7.49. The van der Waals surface area contributed by atoms with Gasteiger partial charge >= 0.3 is 0 Å². The Kier molecular flexibility index (Phi) is 4.70. The Hall–Kier alpha value is -1.07. The number of hydrogen-bond acceptors (Lipinski definition) is 4. The second-order valence-electron chi connectivity index (χ2n) is 5.89. The van der Waals surface area contributed by atoms with Crippen molar-refractivity contribution in [3.63, 3.8) is 0 Å². The number of hydrogen-bond donors (Lipinski definition) is 1. The molecule has 0 spiro atoms. The van der Waals surface area contributed by atoms with Crippen LogP contribution in [0.2, 0.25) is 0 Å². The Morgan fingerprint density at radius 3 is 2.65 bits per heavy atom. The van der Waals surface area contributed by atoms with Gasteiger partial charge in [0.1, 0.15) is 0 Å². The number of rotatable bonds is 5. The summed E-state index contributed by atoms with van der Waals surface area (Å²) in [5, 5.41) is 3.32. The molecule has 1 aliphatic rings. The molecule has 5 heteroatoms. The lowest BCUT2D eigenvalue weighted by Gasteiger charge is -2.20. The van der Waals surface area contributed by atoms with Crippen LogP contribution in [0.4, 0.5) is 5.69 Å². The second kappa shape index (κ2) is 6.14. The van der Waals surface area contributed by atoms with Crippen LogP contribution in [0.5, 0.6) is 0 Å². The lowest BCUT2D eigenvalue weighted by atomic mass is 10.1. The number of sulfone groups is 1. The zero-order valence-electron chi connectivity index (χ0n) is 12.5. The molecule has 1 saturated heterocycles. The van der Waals surface area contributed by atoms with E-state index < -0.39 is 9.84 Å². The Morgan fingerprint density at radius 1 is 1.35 bits per heavy atom. The summed E-state index contributed by atoms with van der Waals surface area (Å²) in [6.07, 6.45) is 2.43. The molecule has 0 bridgehead atoms. The second-order valence-corrected chi connectivity index (χ2v) is 7.88. The van der Waals surface area contributed by atoms with Crippen LogP contribution in [0.15, 0.2) is 29.2 Å². The van der Waals surface area contributed by atoms with E-state index in [-0.39, 0.29) is 0 Å². The Labute approximate surface area is 122 Å². The molecule has 4 nitrogen and oxygen atoms in total. The van der Waals surface area contributed by atoms with Gasteiger partial charge in [0.25, 0.3) is 0 Å². The zero-order valence-corrected chi connectivity index (χ0v) is 13.3. The van der Waals surface area contributed by atoms with Crippen molar-refractivity contribution in [3.8, 4) is 0 Å². The first-order chi connectivity index (χ1) is 9.38. The summed E-state index contributed by atoms with van der Waals surface area (Å²) in [7, 11) is -3.18. The predicted octanol–water partition coefficient (Wildman–Crippen LogP) is 2.23. The van der Waals surface area contributed by atoms with E-state index in [9.17, 15) is 8.42 Å². The average molecular weight is 296 g/mol. The molecule has 1 aromatic rings. The molecule has 1 fully saturated rings. The fourth-order valence-corrected chi connectivity index (χ4v) is 3.55. The third-order valence-corrected chi connectivity index (χ3v) is 5.07. The van der Waals surface area contributed by atoms with E-state index >= 15 is 0 Å². The fourth-order valence-electron chi connectivity index (χ4n) is 2.69. The maximum Gasteiger partial charge on any atom is 0.177 e. The number of likely N-dealkylation sites (tertiary alicyclic amines) is 1. The van der Waals surface area contributed by atoms with Crippen LogP contribution in [0.1, 0.15) is 20.3 Å². The van der Waals surface area contributed by atoms with E-state index in [4.69, 9.17) is 0 Å². The summed E-state index contributed by atoms with van der Waals surface area (Å²) in [6, 6.07) is 7.71. The summed E-state index contributed by atoms with van der Waals surface area (Å²) in [4.78, 5) is 2.85. The number of anilines is 1. The number of para-hydroxylation sites is 1. The number of benzene rings is 1. The van der Waals surface area contributed by atoms with Gasteiger partial charge in [-0.05, 0) is 44.9 Å². The maximum atomic E-state index is 11.7. The normalized spacial score (nSPS) is 20.5. The number of nitrogens with one attached hydrogen (secondary N) is 1. The lowest BCUT2D eigenvalue weighted by molar-refractivity contribution is 0.266. The van der Waals surface area contributed by atoms with Crippen molar-refractivity contribution >= 4 is 15.5 Å². The summed E-state index contributed by atoms with van der Waals surface area (Å²) >= 11 is 0. The summed E-state index contributed by atoms with van der Waals surface area (Å²) < 4.78 is 23.5. The van der Waals surface area contributed by atoms with Crippen molar-refractivity contribution in [1.29, 1.82) is 0 Å². The SMILES string of the molecule is CC(C)N1CCC(CNc2ccccc2S(C)(=O)=O)C1. The van der Waals surface area contributed by atoms with E-state index in [1.807, 2.05) is 12.1 Å². The molecule has 20 heavy (non-hydrogen) atoms. The summed E-state index contributed by atoms with van der Waals surface area (Å²) in [5.41, 5.74) is 0.720. The minimum atomic E-state index is -3.18. The standard InChI is InChI=1S/C15H24N2O2S/c1-12(2)17-9-8-13(11-17)10-16-14-6-4-5-7-15(14)20(3,18)19/h4-7,12-13,16H,8-11H2,1-3H3. The first kappa shape index (κ1) is 15.3. The topological polar surface area (TPSA) is 49.4 Å². The van der Waals surface area contributed by atoms with Crippen LogP contribution in [0.3, 0.4) is 0 Å². The van der Waals surface area contributed by atoms with Gasteiger partial charge in [0.05, 0.1) is 10.6 Å². The van der Waals surface area contributed by atoms with Crippen molar-refractivity contribution in [2.45, 2.75) is 31.2 Å². The third-order valence-electron chi connectivity index (χ3n) is 3.92. The third kappa shape index (κ3) is 3.73. The van der Waals surface area contributed by atoms with Crippen LogP contribution in [0, 0.1) is 5.92 Å². The van der Waals surface area contributed by atoms with E-state index in [0.717, 1.165) is 25.3 Å². The molecule has 0 radical (unpaired) electrons. The van der Waals surface area contributed by atoms with Crippen molar-refractivity contribution in [2.24, 2.45) is 5.92 Å². The molecular formula is C15H24N2O2S. The van der Waals surface area contributed by atoms with Gasteiger partial charge < -0.3 is 10.2 Å². The highest BCUT2D eigenvalue weighted by molar-refractivity contribution is 7.90. The Bertz CT molecular complexity index is 555. The van der Waals surface area contributed by atoms with Crippen LogP contribution in [0.25, 0.3) is 0 Å². The first-order valence-electron chi connectivity index (χ1n) is 7.15. The van der Waals surface area contributed by atoms with Gasteiger partial charge in [-0.2, -0.15) is 0 Å². The molecule has 112 valence electrons. The van der Waals surface area contributed by atoms with E-state index in [2.05, 4.69) is 24.1 Å². The molecular weight excluding hydrogens is 272 g/mol. The molecule has 1 unspecified atom stereocenters. The maximum absolute atomic E-state index is 11.7. The molecule has 1 heterocycles. The highest BCUT2D eigenvalue weighted by atomic mass is 32.2. The first-order valence-corrected chi connectivity index (χ1v) is 9.04. The quantitative estimate of drug-likeness (QED) is 0.905. The van der Waals surface area contributed by atoms with Crippen molar-refractivity contribution in [1.82, 2.24) is 4.90 Å². The van der Waals surface area contributed by atoms with Gasteiger partial charge in [-0.15, -0.1) is 0 Å². The molecule has 0 saturated carbocycles. The largest absolute Gasteiger partial charge is 0.384 e. The molecule has 0 aliphatic carbocycles. The van der Waals surface area contributed by atoms with Crippen molar-refractivity contribution in [2.75, 3.05) is 31.2 Å². The molecule has 1 aromatic carbocycles. The minimum absolute atomic E-state index is 0.388. The van der Waals surface area contributed by atoms with Crippen LogP contribution < -0.4 is 5.32 Å². The zero-order chi connectivity index (χ0) is 14.8. The lowest BCUT2D eigenvalue weighted by Crippen LogP contribution is -2.29. The monoisotopic (exact) mass is 296 g/mol. The molecule has 1 aliphatic heterocycles. The highest BCUT2D eigenvalue weighted by Crippen LogP contribution is 2.23. The molecule has 1 N–H and O–H groups in total. The molecule has 1 atom stereocenters. The number of nitrogens with zero attached hydrogens (tertiary/aromatic N) is 1. The van der Waals surface area contributed by atoms with Crippen LogP contribution in [-0.4, -0.2) is 45.2 Å². The van der Waals surface area contributed by atoms with Gasteiger partial charge in [-0.3, -0.25) is 0 Å². The smallest absolute Gasteiger partial charge is 0.177 e. The van der Waals surface area contributed by atoms with E-state index in [1.165, 1.54) is 12.7 Å². The fraction of sp³-hybridized carbons (Fsp3) is 0.600. The van der Waals surface area contributed by atoms with E-state index in [0.29, 0.717) is 16.9 Å². The van der Waals surface area contributed by atoms with E-state index in [1.54, 1.807) is 12.1 Å². The van der Waals surface area contributed by atoms with Crippen molar-refractivity contribution in [3.05, 3.63) is 24.3 Å². The highest BCUT2D eigenvalue weighted by Gasteiger charge is 2.24. The van der Waals surface area contributed by atoms with Gasteiger partial charge in [0.2, 0.25) is 0 Å². The van der Waals surface area contributed by atoms with Gasteiger partial charge in [-0.1, -0.05) is 12.1 Å². The molecule has 2 rings (SSSR count). The minimum Gasteiger partial charge on any atom is -0.384 e. The van der Waals surface area contributed by atoms with Crippen LogP contribution >= 0.6 is 0 Å². The Morgan fingerprint density at radius 2 is 2.05 bits per heavy atom. The van der Waals surface area contributed by atoms with Crippen molar-refractivity contribution < 1.29 is 8.42 Å². The molecule has 0 amide bonds. The average Bonchev–Trinajstić information content (AvgIpc) is 2.84. The summed E-state index contributed by atoms with van der Waals surface area (Å²) in [5.74, 6) is 0.588. The van der Waals surface area contributed by atoms with Gasteiger partial charge in [0.15, 0.2) is 9.84 Å². The van der Waals surface area contributed by atoms with Gasteiger partial charge in [0, 0.05) is 25.4 Å².